The van der Waals surface area contributed by atoms with Crippen molar-refractivity contribution >= 4 is 23.2 Å². The Bertz CT molecular complexity index is 338. The summed E-state index contributed by atoms with van der Waals surface area (Å²) in [4.78, 5) is 12.5. The summed E-state index contributed by atoms with van der Waals surface area (Å²) < 4.78 is 5.21. The molecular weight excluding hydrogens is 184 g/mol. The van der Waals surface area contributed by atoms with Crippen molar-refractivity contribution in [2.24, 2.45) is 0 Å². The quantitative estimate of drug-likeness (QED) is 0.675. The molecule has 0 saturated heterocycles. The van der Waals surface area contributed by atoms with E-state index >= 15 is 0 Å². The molecule has 0 aliphatic carbocycles. The molecule has 1 aliphatic heterocycles. The van der Waals surface area contributed by atoms with E-state index in [2.05, 4.69) is 6.08 Å². The summed E-state index contributed by atoms with van der Waals surface area (Å²) in [5.41, 5.74) is 1.31. The maximum absolute atomic E-state index is 10.5. The smallest absolute Gasteiger partial charge is 0.160 e. The Labute approximate surface area is 80.8 Å². The van der Waals surface area contributed by atoms with Gasteiger partial charge in [-0.15, -0.1) is 11.3 Å². The normalized spacial score (nSPS) is 16.8. The van der Waals surface area contributed by atoms with Crippen LogP contribution in [0.4, 0.5) is 0 Å². The lowest BCUT2D eigenvalue weighted by Crippen LogP contribution is -2.02. The fourth-order valence-electron chi connectivity index (χ4n) is 1.34. The van der Waals surface area contributed by atoms with Crippen LogP contribution in [0.5, 0.6) is 0 Å². The first-order chi connectivity index (χ1) is 6.40. The Morgan fingerprint density at radius 1 is 1.46 bits per heavy atom. The molecule has 0 aromatic carbocycles. The highest BCUT2D eigenvalue weighted by molar-refractivity contribution is 7.14. The lowest BCUT2D eigenvalue weighted by atomic mass is 10.1. The van der Waals surface area contributed by atoms with Gasteiger partial charge in [0.2, 0.25) is 0 Å². The summed E-state index contributed by atoms with van der Waals surface area (Å²) in [6.07, 6.45) is 3.94. The maximum Gasteiger partial charge on any atom is 0.160 e. The monoisotopic (exact) mass is 194 g/mol. The van der Waals surface area contributed by atoms with Crippen LogP contribution < -0.4 is 0 Å². The molecule has 0 N–H and O–H groups in total. The number of carbonyl (C=O) groups is 1. The number of thiophene rings is 1. The van der Waals surface area contributed by atoms with Crippen LogP contribution in [0.15, 0.2) is 18.2 Å². The highest BCUT2D eigenvalue weighted by atomic mass is 32.1. The van der Waals surface area contributed by atoms with Crippen molar-refractivity contribution in [1.29, 1.82) is 0 Å². The molecule has 2 nitrogen and oxygen atoms in total. The number of aldehydes is 1. The minimum atomic E-state index is 0.698. The van der Waals surface area contributed by atoms with Gasteiger partial charge in [0.05, 0.1) is 18.1 Å². The first kappa shape index (κ1) is 8.66. The predicted molar refractivity (Wildman–Crippen MR) is 53.1 cm³/mol. The number of carbonyl (C=O) groups excluding carboxylic acids is 1. The molecule has 0 spiro atoms. The first-order valence-corrected chi connectivity index (χ1v) is 5.04. The standard InChI is InChI=1S/C10H10O2S/c11-7-9-1-2-10(13-9)8-3-5-12-6-4-8/h1-3,7H,4-6H2. The molecule has 3 heteroatoms. The summed E-state index contributed by atoms with van der Waals surface area (Å²) in [5, 5.41) is 0. The van der Waals surface area contributed by atoms with E-state index in [1.54, 1.807) is 11.3 Å². The lowest BCUT2D eigenvalue weighted by molar-refractivity contribution is 0.112. The average Bonchev–Trinajstić information content (AvgIpc) is 2.67. The van der Waals surface area contributed by atoms with Crippen molar-refractivity contribution < 1.29 is 9.53 Å². The first-order valence-electron chi connectivity index (χ1n) is 4.22. The maximum atomic E-state index is 10.5. The van der Waals surface area contributed by atoms with Gasteiger partial charge in [-0.2, -0.15) is 0 Å². The van der Waals surface area contributed by atoms with Gasteiger partial charge < -0.3 is 4.74 Å². The zero-order valence-electron chi connectivity index (χ0n) is 7.16. The topological polar surface area (TPSA) is 26.3 Å². The fraction of sp³-hybridized carbons (Fsp3) is 0.300. The molecule has 2 heterocycles. The van der Waals surface area contributed by atoms with Crippen LogP contribution in [0.3, 0.4) is 0 Å². The second kappa shape index (κ2) is 3.85. The fourth-order valence-corrected chi connectivity index (χ4v) is 2.23. The third-order valence-electron chi connectivity index (χ3n) is 2.02. The Morgan fingerprint density at radius 3 is 3.00 bits per heavy atom. The van der Waals surface area contributed by atoms with Crippen molar-refractivity contribution in [2.45, 2.75) is 6.42 Å². The zero-order valence-corrected chi connectivity index (χ0v) is 7.97. The molecule has 0 radical (unpaired) electrons. The second-order valence-corrected chi connectivity index (χ2v) is 3.99. The molecule has 2 rings (SSSR count). The summed E-state index contributed by atoms with van der Waals surface area (Å²) >= 11 is 1.55. The SMILES string of the molecule is O=Cc1ccc(C2=CCOCC2)s1. The molecule has 0 unspecified atom stereocenters. The number of hydrogen-bond acceptors (Lipinski definition) is 3. The molecular formula is C10H10O2S. The largest absolute Gasteiger partial charge is 0.377 e. The number of rotatable bonds is 2. The van der Waals surface area contributed by atoms with E-state index in [0.717, 1.165) is 24.2 Å². The molecule has 0 atom stereocenters. The van der Waals surface area contributed by atoms with Gasteiger partial charge in [-0.25, -0.2) is 0 Å². The summed E-state index contributed by atoms with van der Waals surface area (Å²) in [5.74, 6) is 0. The van der Waals surface area contributed by atoms with Crippen molar-refractivity contribution in [3.63, 3.8) is 0 Å². The van der Waals surface area contributed by atoms with E-state index in [-0.39, 0.29) is 0 Å². The van der Waals surface area contributed by atoms with Gasteiger partial charge in [-0.1, -0.05) is 6.08 Å². The average molecular weight is 194 g/mol. The lowest BCUT2D eigenvalue weighted by Gasteiger charge is -2.11. The minimum Gasteiger partial charge on any atom is -0.377 e. The van der Waals surface area contributed by atoms with E-state index in [9.17, 15) is 4.79 Å². The number of ether oxygens (including phenoxy) is 1. The highest BCUT2D eigenvalue weighted by Gasteiger charge is 2.08. The Morgan fingerprint density at radius 2 is 2.38 bits per heavy atom. The molecule has 1 aromatic heterocycles. The van der Waals surface area contributed by atoms with Crippen LogP contribution in [0.25, 0.3) is 5.57 Å². The molecule has 0 fully saturated rings. The van der Waals surface area contributed by atoms with E-state index in [1.165, 1.54) is 10.5 Å². The predicted octanol–water partition coefficient (Wildman–Crippen LogP) is 2.36. The number of hydrogen-bond donors (Lipinski definition) is 0. The highest BCUT2D eigenvalue weighted by Crippen LogP contribution is 2.27. The Hall–Kier alpha value is -0.930. The second-order valence-electron chi connectivity index (χ2n) is 2.87. The van der Waals surface area contributed by atoms with Crippen LogP contribution in [0, 0.1) is 0 Å². The van der Waals surface area contributed by atoms with E-state index in [4.69, 9.17) is 4.74 Å². The molecule has 0 bridgehead atoms. The van der Waals surface area contributed by atoms with Crippen LogP contribution in [-0.2, 0) is 4.74 Å². The van der Waals surface area contributed by atoms with Gasteiger partial charge in [-0.05, 0) is 24.1 Å². The summed E-state index contributed by atoms with van der Waals surface area (Å²) in [6, 6.07) is 3.87. The molecule has 68 valence electrons. The van der Waals surface area contributed by atoms with Crippen LogP contribution >= 0.6 is 11.3 Å². The van der Waals surface area contributed by atoms with Gasteiger partial charge in [0.15, 0.2) is 6.29 Å². The van der Waals surface area contributed by atoms with Gasteiger partial charge in [0.1, 0.15) is 0 Å². The van der Waals surface area contributed by atoms with E-state index in [1.807, 2.05) is 12.1 Å². The van der Waals surface area contributed by atoms with Crippen LogP contribution in [0.2, 0.25) is 0 Å². The molecule has 0 saturated carbocycles. The Kier molecular flexibility index (Phi) is 2.57. The van der Waals surface area contributed by atoms with E-state index < -0.39 is 0 Å². The molecule has 13 heavy (non-hydrogen) atoms. The third-order valence-corrected chi connectivity index (χ3v) is 3.11. The molecule has 1 aliphatic rings. The van der Waals surface area contributed by atoms with Gasteiger partial charge >= 0.3 is 0 Å². The van der Waals surface area contributed by atoms with Gasteiger partial charge in [0, 0.05) is 4.88 Å². The summed E-state index contributed by atoms with van der Waals surface area (Å²) in [6.45, 7) is 1.49. The van der Waals surface area contributed by atoms with Crippen molar-refractivity contribution in [1.82, 2.24) is 0 Å². The minimum absolute atomic E-state index is 0.698. The van der Waals surface area contributed by atoms with Gasteiger partial charge in [0.25, 0.3) is 0 Å². The zero-order chi connectivity index (χ0) is 9.10. The van der Waals surface area contributed by atoms with Crippen LogP contribution in [0.1, 0.15) is 21.0 Å². The Balaban J connectivity index is 2.23. The summed E-state index contributed by atoms with van der Waals surface area (Å²) in [7, 11) is 0. The molecule has 1 aromatic rings. The van der Waals surface area contributed by atoms with Crippen LogP contribution in [-0.4, -0.2) is 19.5 Å². The van der Waals surface area contributed by atoms with E-state index in [0.29, 0.717) is 6.61 Å². The third kappa shape index (κ3) is 1.87. The van der Waals surface area contributed by atoms with Crippen molar-refractivity contribution in [3.05, 3.63) is 28.0 Å². The van der Waals surface area contributed by atoms with Crippen molar-refractivity contribution in [3.8, 4) is 0 Å². The molecule has 0 amide bonds. The van der Waals surface area contributed by atoms with Crippen molar-refractivity contribution in [2.75, 3.05) is 13.2 Å². The van der Waals surface area contributed by atoms with Gasteiger partial charge in [-0.3, -0.25) is 4.79 Å².